The molecule has 0 aliphatic heterocycles. The molecule has 1 atom stereocenters. The summed E-state index contributed by atoms with van der Waals surface area (Å²) in [6.07, 6.45) is 0. The fourth-order valence-electron chi connectivity index (χ4n) is 2.27. The third-order valence-electron chi connectivity index (χ3n) is 3.75. The van der Waals surface area contributed by atoms with Gasteiger partial charge in [-0.25, -0.2) is 4.39 Å². The summed E-state index contributed by atoms with van der Waals surface area (Å²) in [5.41, 5.74) is 10.9. The van der Waals surface area contributed by atoms with Crippen molar-refractivity contribution in [2.24, 2.45) is 5.73 Å². The topological polar surface area (TPSA) is 26.0 Å². The predicted molar refractivity (Wildman–Crippen MR) is 77.7 cm³/mol. The van der Waals surface area contributed by atoms with Crippen LogP contribution >= 0.6 is 0 Å². The van der Waals surface area contributed by atoms with E-state index in [0.29, 0.717) is 0 Å². The summed E-state index contributed by atoms with van der Waals surface area (Å²) in [6, 6.07) is 11.1. The quantitative estimate of drug-likeness (QED) is 0.865. The number of benzene rings is 2. The van der Waals surface area contributed by atoms with Crippen LogP contribution in [0.25, 0.3) is 0 Å². The molecule has 2 rings (SSSR count). The van der Waals surface area contributed by atoms with Crippen LogP contribution in [-0.4, -0.2) is 0 Å². The molecule has 0 saturated heterocycles. The maximum absolute atomic E-state index is 13.6. The van der Waals surface area contributed by atoms with E-state index in [1.165, 1.54) is 23.3 Å². The third-order valence-corrected chi connectivity index (χ3v) is 3.75. The van der Waals surface area contributed by atoms with Crippen molar-refractivity contribution in [3.63, 3.8) is 0 Å². The lowest BCUT2D eigenvalue weighted by atomic mass is 9.84. The molecule has 0 aliphatic carbocycles. The van der Waals surface area contributed by atoms with Crippen LogP contribution < -0.4 is 5.73 Å². The second-order valence-corrected chi connectivity index (χ2v) is 5.52. The Balaban J connectivity index is 2.54. The molecule has 0 saturated carbocycles. The van der Waals surface area contributed by atoms with Crippen molar-refractivity contribution in [2.75, 3.05) is 0 Å². The smallest absolute Gasteiger partial charge is 0.123 e. The van der Waals surface area contributed by atoms with Gasteiger partial charge in [-0.2, -0.15) is 0 Å². The molecule has 2 heteroatoms. The van der Waals surface area contributed by atoms with E-state index in [2.05, 4.69) is 26.0 Å². The van der Waals surface area contributed by atoms with E-state index in [-0.39, 0.29) is 5.82 Å². The van der Waals surface area contributed by atoms with Crippen LogP contribution in [0.1, 0.15) is 34.7 Å². The van der Waals surface area contributed by atoms with Crippen LogP contribution in [0.15, 0.2) is 36.4 Å². The van der Waals surface area contributed by atoms with Gasteiger partial charge in [0.2, 0.25) is 0 Å². The normalized spacial score (nSPS) is 14.2. The van der Waals surface area contributed by atoms with Crippen molar-refractivity contribution in [1.82, 2.24) is 0 Å². The highest BCUT2D eigenvalue weighted by molar-refractivity contribution is 5.42. The lowest BCUT2D eigenvalue weighted by Crippen LogP contribution is -2.34. The standard InChI is InChI=1S/C17H20FN/c1-11-7-15(10-16(18)8-11)17(4,19)14-6-5-12(2)13(3)9-14/h5-10H,19H2,1-4H3. The van der Waals surface area contributed by atoms with Crippen LogP contribution in [0.4, 0.5) is 4.39 Å². The highest BCUT2D eigenvalue weighted by Crippen LogP contribution is 2.29. The second-order valence-electron chi connectivity index (χ2n) is 5.52. The monoisotopic (exact) mass is 257 g/mol. The van der Waals surface area contributed by atoms with Crippen molar-refractivity contribution >= 4 is 0 Å². The first-order valence-corrected chi connectivity index (χ1v) is 6.45. The summed E-state index contributed by atoms with van der Waals surface area (Å²) in [7, 11) is 0. The van der Waals surface area contributed by atoms with Crippen molar-refractivity contribution in [3.8, 4) is 0 Å². The Kier molecular flexibility index (Phi) is 3.46. The average Bonchev–Trinajstić information content (AvgIpc) is 2.31. The summed E-state index contributed by atoms with van der Waals surface area (Å²) < 4.78 is 13.6. The van der Waals surface area contributed by atoms with Gasteiger partial charge in [0.05, 0.1) is 5.54 Å². The molecule has 0 aromatic heterocycles. The molecule has 2 aromatic carbocycles. The Bertz CT molecular complexity index is 594. The van der Waals surface area contributed by atoms with E-state index in [4.69, 9.17) is 5.73 Å². The summed E-state index contributed by atoms with van der Waals surface area (Å²) >= 11 is 0. The fourth-order valence-corrected chi connectivity index (χ4v) is 2.27. The number of hydrogen-bond donors (Lipinski definition) is 1. The molecule has 100 valence electrons. The Morgan fingerprint density at radius 2 is 1.58 bits per heavy atom. The highest BCUT2D eigenvalue weighted by Gasteiger charge is 2.24. The number of rotatable bonds is 2. The third kappa shape index (κ3) is 2.69. The maximum atomic E-state index is 13.6. The molecule has 0 heterocycles. The maximum Gasteiger partial charge on any atom is 0.123 e. The second kappa shape index (κ2) is 4.78. The van der Waals surface area contributed by atoms with Gasteiger partial charge in [0.1, 0.15) is 5.82 Å². The minimum atomic E-state index is -0.689. The first kappa shape index (κ1) is 13.8. The highest BCUT2D eigenvalue weighted by atomic mass is 19.1. The molecule has 0 radical (unpaired) electrons. The zero-order chi connectivity index (χ0) is 14.2. The number of aryl methyl sites for hydroxylation is 3. The van der Waals surface area contributed by atoms with Crippen molar-refractivity contribution in [3.05, 3.63) is 70.0 Å². The molecule has 0 spiro atoms. The molecule has 1 nitrogen and oxygen atoms in total. The van der Waals surface area contributed by atoms with Gasteiger partial charge in [0, 0.05) is 0 Å². The van der Waals surface area contributed by atoms with Crippen molar-refractivity contribution in [1.29, 1.82) is 0 Å². The Morgan fingerprint density at radius 3 is 2.16 bits per heavy atom. The van der Waals surface area contributed by atoms with E-state index < -0.39 is 5.54 Å². The predicted octanol–water partition coefficient (Wildman–Crippen LogP) is 3.97. The zero-order valence-corrected chi connectivity index (χ0v) is 11.9. The Hall–Kier alpha value is -1.67. The van der Waals surface area contributed by atoms with Crippen molar-refractivity contribution in [2.45, 2.75) is 33.2 Å². The average molecular weight is 257 g/mol. The van der Waals surface area contributed by atoms with E-state index >= 15 is 0 Å². The zero-order valence-electron chi connectivity index (χ0n) is 11.9. The van der Waals surface area contributed by atoms with Crippen LogP contribution in [0.3, 0.4) is 0 Å². The van der Waals surface area contributed by atoms with Crippen LogP contribution in [0, 0.1) is 26.6 Å². The minimum Gasteiger partial charge on any atom is -0.318 e. The Labute approximate surface area is 114 Å². The summed E-state index contributed by atoms with van der Waals surface area (Å²) in [5.74, 6) is -0.240. The van der Waals surface area contributed by atoms with Crippen LogP contribution in [-0.2, 0) is 5.54 Å². The van der Waals surface area contributed by atoms with Gasteiger partial charge in [-0.15, -0.1) is 0 Å². The van der Waals surface area contributed by atoms with Crippen LogP contribution in [0.2, 0.25) is 0 Å². The van der Waals surface area contributed by atoms with Crippen LogP contribution in [0.5, 0.6) is 0 Å². The van der Waals surface area contributed by atoms with Gasteiger partial charge in [0.15, 0.2) is 0 Å². The van der Waals surface area contributed by atoms with Crippen molar-refractivity contribution < 1.29 is 4.39 Å². The summed E-state index contributed by atoms with van der Waals surface area (Å²) in [6.45, 7) is 7.93. The molecule has 0 aliphatic rings. The Morgan fingerprint density at radius 1 is 0.895 bits per heavy atom. The molecule has 19 heavy (non-hydrogen) atoms. The van der Waals surface area contributed by atoms with E-state index in [9.17, 15) is 4.39 Å². The van der Waals surface area contributed by atoms with Gasteiger partial charge >= 0.3 is 0 Å². The molecule has 2 aromatic rings. The largest absolute Gasteiger partial charge is 0.318 e. The number of halogens is 1. The van der Waals surface area contributed by atoms with E-state index in [1.807, 2.05) is 26.0 Å². The van der Waals surface area contributed by atoms with E-state index in [0.717, 1.165) is 16.7 Å². The number of nitrogens with two attached hydrogens (primary N) is 1. The summed E-state index contributed by atoms with van der Waals surface area (Å²) in [4.78, 5) is 0. The fraction of sp³-hybridized carbons (Fsp3) is 0.294. The molecule has 2 N–H and O–H groups in total. The summed E-state index contributed by atoms with van der Waals surface area (Å²) in [5, 5.41) is 0. The molecular weight excluding hydrogens is 237 g/mol. The SMILES string of the molecule is Cc1cc(F)cc(C(C)(N)c2ccc(C)c(C)c2)c1. The lowest BCUT2D eigenvalue weighted by molar-refractivity contribution is 0.580. The van der Waals surface area contributed by atoms with Gasteiger partial charge in [0.25, 0.3) is 0 Å². The van der Waals surface area contributed by atoms with E-state index in [1.54, 1.807) is 0 Å². The van der Waals surface area contributed by atoms with Gasteiger partial charge in [-0.1, -0.05) is 24.3 Å². The van der Waals surface area contributed by atoms with Gasteiger partial charge in [-0.05, 0) is 67.6 Å². The molecule has 0 bridgehead atoms. The molecule has 0 fully saturated rings. The molecule has 0 amide bonds. The number of hydrogen-bond acceptors (Lipinski definition) is 1. The first-order valence-electron chi connectivity index (χ1n) is 6.45. The molecule has 1 unspecified atom stereocenters. The van der Waals surface area contributed by atoms with Gasteiger partial charge in [-0.3, -0.25) is 0 Å². The molecular formula is C17H20FN. The lowest BCUT2D eigenvalue weighted by Gasteiger charge is -2.27. The van der Waals surface area contributed by atoms with Gasteiger partial charge < -0.3 is 5.73 Å². The first-order chi connectivity index (χ1) is 8.80. The minimum absolute atomic E-state index is 0.240.